The lowest BCUT2D eigenvalue weighted by molar-refractivity contribution is 0.312. The van der Waals surface area contributed by atoms with Gasteiger partial charge in [-0.15, -0.1) is 0 Å². The minimum atomic E-state index is 0.544. The fourth-order valence-corrected chi connectivity index (χ4v) is 3.53. The summed E-state index contributed by atoms with van der Waals surface area (Å²) in [7, 11) is 0. The predicted octanol–water partition coefficient (Wildman–Crippen LogP) is 5.69. The molecule has 3 unspecified atom stereocenters. The largest absolute Gasteiger partial charge is 0.0885 e. The fourth-order valence-electron chi connectivity index (χ4n) is 3.53. The molecule has 0 nitrogen and oxygen atoms in total. The molecule has 0 amide bonds. The first kappa shape index (κ1) is 14.8. The summed E-state index contributed by atoms with van der Waals surface area (Å²) in [6.07, 6.45) is 8.72. The summed E-state index contributed by atoms with van der Waals surface area (Å²) < 4.78 is 0. The van der Waals surface area contributed by atoms with E-state index in [0.29, 0.717) is 10.8 Å². The Bertz CT molecular complexity index is 272. The molecular weight excluding hydrogens is 204 g/mol. The molecule has 100 valence electrons. The van der Waals surface area contributed by atoms with E-state index in [1.165, 1.54) is 19.3 Å². The molecule has 0 aliphatic heterocycles. The van der Waals surface area contributed by atoms with E-state index in [1.54, 1.807) is 0 Å². The molecule has 1 rings (SSSR count). The highest BCUT2D eigenvalue weighted by atomic mass is 14.7. The third-order valence-electron chi connectivity index (χ3n) is 5.53. The minimum absolute atomic E-state index is 0.544. The van der Waals surface area contributed by atoms with Crippen LogP contribution in [0.25, 0.3) is 0 Å². The van der Waals surface area contributed by atoms with Gasteiger partial charge in [0.05, 0.1) is 0 Å². The summed E-state index contributed by atoms with van der Waals surface area (Å²) in [5.74, 6) is 2.46. The van der Waals surface area contributed by atoms with E-state index in [0.717, 1.165) is 17.8 Å². The van der Waals surface area contributed by atoms with Gasteiger partial charge in [0.25, 0.3) is 0 Å². The molecular formula is C17H32. The van der Waals surface area contributed by atoms with E-state index in [2.05, 4.69) is 60.6 Å². The second-order valence-electron chi connectivity index (χ2n) is 7.29. The molecule has 1 aliphatic carbocycles. The fraction of sp³-hybridized carbons (Fsp3) is 0.882. The first-order chi connectivity index (χ1) is 7.75. The van der Waals surface area contributed by atoms with E-state index >= 15 is 0 Å². The van der Waals surface area contributed by atoms with Crippen molar-refractivity contribution in [1.82, 2.24) is 0 Å². The zero-order chi connectivity index (χ0) is 13.3. The summed E-state index contributed by atoms with van der Waals surface area (Å²) in [5.41, 5.74) is 1.10. The molecule has 0 heterocycles. The Labute approximate surface area is 109 Å². The molecule has 17 heavy (non-hydrogen) atoms. The zero-order valence-electron chi connectivity index (χ0n) is 13.0. The lowest BCUT2D eigenvalue weighted by Crippen LogP contribution is -2.12. The summed E-state index contributed by atoms with van der Waals surface area (Å²) >= 11 is 0. The molecule has 0 N–H and O–H groups in total. The van der Waals surface area contributed by atoms with Crippen LogP contribution in [0.4, 0.5) is 0 Å². The Hall–Kier alpha value is -0.260. The first-order valence-corrected chi connectivity index (χ1v) is 7.42. The van der Waals surface area contributed by atoms with E-state index in [-0.39, 0.29) is 0 Å². The van der Waals surface area contributed by atoms with Gasteiger partial charge < -0.3 is 0 Å². The highest BCUT2D eigenvalue weighted by Gasteiger charge is 2.64. The Morgan fingerprint density at radius 2 is 1.71 bits per heavy atom. The van der Waals surface area contributed by atoms with Crippen LogP contribution in [0.3, 0.4) is 0 Å². The quantitative estimate of drug-likeness (QED) is 0.520. The molecule has 0 radical (unpaired) electrons. The molecule has 0 aromatic rings. The van der Waals surface area contributed by atoms with Gasteiger partial charge in [0.2, 0.25) is 0 Å². The van der Waals surface area contributed by atoms with Gasteiger partial charge in [-0.1, -0.05) is 60.6 Å². The van der Waals surface area contributed by atoms with E-state index in [9.17, 15) is 0 Å². The van der Waals surface area contributed by atoms with Crippen molar-refractivity contribution in [2.24, 2.45) is 28.6 Å². The Morgan fingerprint density at radius 1 is 1.18 bits per heavy atom. The standard InChI is InChI=1S/C17H32/c1-8-9-10-15(11-13(2)3)12-17(7)14(4)16(17,5)6/h9-10,13-15H,8,11-12H2,1-7H3. The highest BCUT2D eigenvalue weighted by molar-refractivity contribution is 5.14. The number of hydrogen-bond acceptors (Lipinski definition) is 0. The van der Waals surface area contributed by atoms with Crippen LogP contribution in [0.15, 0.2) is 12.2 Å². The summed E-state index contributed by atoms with van der Waals surface area (Å²) in [6, 6.07) is 0. The van der Waals surface area contributed by atoms with E-state index in [4.69, 9.17) is 0 Å². The van der Waals surface area contributed by atoms with Crippen molar-refractivity contribution in [2.75, 3.05) is 0 Å². The van der Waals surface area contributed by atoms with Crippen molar-refractivity contribution in [3.63, 3.8) is 0 Å². The maximum atomic E-state index is 2.49. The average Bonchev–Trinajstić information content (AvgIpc) is 2.58. The second-order valence-corrected chi connectivity index (χ2v) is 7.29. The van der Waals surface area contributed by atoms with Crippen LogP contribution in [-0.2, 0) is 0 Å². The number of hydrogen-bond donors (Lipinski definition) is 0. The molecule has 0 spiro atoms. The van der Waals surface area contributed by atoms with Crippen molar-refractivity contribution in [1.29, 1.82) is 0 Å². The van der Waals surface area contributed by atoms with Crippen LogP contribution >= 0.6 is 0 Å². The van der Waals surface area contributed by atoms with Crippen molar-refractivity contribution < 1.29 is 0 Å². The van der Waals surface area contributed by atoms with Gasteiger partial charge in [-0.05, 0) is 47.8 Å². The summed E-state index contributed by atoms with van der Waals surface area (Å²) in [4.78, 5) is 0. The molecule has 0 saturated heterocycles. The lowest BCUT2D eigenvalue weighted by atomic mass is 9.83. The molecule has 1 saturated carbocycles. The molecule has 0 aromatic heterocycles. The highest BCUT2D eigenvalue weighted by Crippen LogP contribution is 2.71. The van der Waals surface area contributed by atoms with Gasteiger partial charge in [0, 0.05) is 0 Å². The van der Waals surface area contributed by atoms with Crippen LogP contribution in [0.2, 0.25) is 0 Å². The summed E-state index contributed by atoms with van der Waals surface area (Å²) in [5, 5.41) is 0. The Morgan fingerprint density at radius 3 is 2.06 bits per heavy atom. The van der Waals surface area contributed by atoms with Gasteiger partial charge >= 0.3 is 0 Å². The minimum Gasteiger partial charge on any atom is -0.0885 e. The topological polar surface area (TPSA) is 0 Å². The normalized spacial score (nSPS) is 33.3. The van der Waals surface area contributed by atoms with Crippen LogP contribution in [-0.4, -0.2) is 0 Å². The second kappa shape index (κ2) is 5.16. The first-order valence-electron chi connectivity index (χ1n) is 7.42. The van der Waals surface area contributed by atoms with Gasteiger partial charge in [-0.3, -0.25) is 0 Å². The van der Waals surface area contributed by atoms with Crippen LogP contribution in [0.5, 0.6) is 0 Å². The molecule has 1 fully saturated rings. The predicted molar refractivity (Wildman–Crippen MR) is 78.0 cm³/mol. The molecule has 0 heteroatoms. The van der Waals surface area contributed by atoms with Crippen LogP contribution in [0, 0.1) is 28.6 Å². The third kappa shape index (κ3) is 2.95. The maximum absolute atomic E-state index is 2.49. The monoisotopic (exact) mass is 236 g/mol. The maximum Gasteiger partial charge on any atom is -0.0226 e. The molecule has 0 aromatic carbocycles. The van der Waals surface area contributed by atoms with Gasteiger partial charge in [-0.2, -0.15) is 0 Å². The van der Waals surface area contributed by atoms with Crippen LogP contribution < -0.4 is 0 Å². The lowest BCUT2D eigenvalue weighted by Gasteiger charge is -2.22. The van der Waals surface area contributed by atoms with Crippen molar-refractivity contribution in [3.8, 4) is 0 Å². The van der Waals surface area contributed by atoms with Crippen molar-refractivity contribution in [3.05, 3.63) is 12.2 Å². The van der Waals surface area contributed by atoms with Crippen molar-refractivity contribution in [2.45, 2.75) is 67.7 Å². The Kier molecular flexibility index (Phi) is 4.49. The van der Waals surface area contributed by atoms with Crippen molar-refractivity contribution >= 4 is 0 Å². The van der Waals surface area contributed by atoms with Crippen LogP contribution in [0.1, 0.15) is 67.7 Å². The zero-order valence-corrected chi connectivity index (χ0v) is 13.0. The van der Waals surface area contributed by atoms with Gasteiger partial charge in [-0.25, -0.2) is 0 Å². The number of allylic oxidation sites excluding steroid dienone is 2. The Balaban J connectivity index is 2.64. The number of rotatable bonds is 6. The summed E-state index contributed by atoms with van der Waals surface area (Å²) in [6.45, 7) is 16.7. The molecule has 0 bridgehead atoms. The molecule has 3 atom stereocenters. The van der Waals surface area contributed by atoms with Gasteiger partial charge in [0.1, 0.15) is 0 Å². The van der Waals surface area contributed by atoms with Gasteiger partial charge in [0.15, 0.2) is 0 Å². The van der Waals surface area contributed by atoms with E-state index in [1.807, 2.05) is 0 Å². The van der Waals surface area contributed by atoms with E-state index < -0.39 is 0 Å². The smallest absolute Gasteiger partial charge is 0.0226 e. The molecule has 1 aliphatic rings. The average molecular weight is 236 g/mol. The SMILES string of the molecule is CCC=CC(CC(C)C)CC1(C)C(C)C1(C)C. The third-order valence-corrected chi connectivity index (χ3v) is 5.53.